The van der Waals surface area contributed by atoms with E-state index in [1.807, 2.05) is 12.1 Å². The fraction of sp³-hybridized carbons (Fsp3) is 0.600. The lowest BCUT2D eigenvalue weighted by molar-refractivity contribution is -0.00789. The minimum Gasteiger partial charge on any atom is -0.497 e. The molecule has 0 saturated carbocycles. The fourth-order valence-electron chi connectivity index (χ4n) is 2.55. The summed E-state index contributed by atoms with van der Waals surface area (Å²) in [6, 6.07) is 8.54. The fourth-order valence-corrected chi connectivity index (χ4v) is 2.55. The molecule has 2 unspecified atom stereocenters. The van der Waals surface area contributed by atoms with Crippen LogP contribution in [0.25, 0.3) is 0 Å². The van der Waals surface area contributed by atoms with Crippen LogP contribution in [-0.4, -0.2) is 26.4 Å². The van der Waals surface area contributed by atoms with Crippen molar-refractivity contribution < 1.29 is 9.47 Å². The Balaban J connectivity index is 2.16. The van der Waals surface area contributed by atoms with Gasteiger partial charge in [0.1, 0.15) is 5.75 Å². The lowest BCUT2D eigenvalue weighted by Crippen LogP contribution is -2.35. The highest BCUT2D eigenvalue weighted by atomic mass is 16.5. The van der Waals surface area contributed by atoms with E-state index in [1.165, 1.54) is 18.4 Å². The molecule has 0 aliphatic carbocycles. The zero-order valence-electron chi connectivity index (χ0n) is 11.3. The van der Waals surface area contributed by atoms with Crippen molar-refractivity contribution in [3.63, 3.8) is 0 Å². The largest absolute Gasteiger partial charge is 0.497 e. The van der Waals surface area contributed by atoms with Crippen LogP contribution >= 0.6 is 0 Å². The lowest BCUT2D eigenvalue weighted by atomic mass is 9.95. The molecule has 100 valence electrons. The van der Waals surface area contributed by atoms with Crippen LogP contribution in [0, 0.1) is 0 Å². The van der Waals surface area contributed by atoms with E-state index in [2.05, 4.69) is 24.4 Å². The van der Waals surface area contributed by atoms with Gasteiger partial charge in [-0.15, -0.1) is 0 Å². The zero-order chi connectivity index (χ0) is 12.8. The van der Waals surface area contributed by atoms with E-state index in [0.717, 1.165) is 25.3 Å². The zero-order valence-corrected chi connectivity index (χ0v) is 11.3. The first kappa shape index (κ1) is 13.4. The van der Waals surface area contributed by atoms with E-state index in [0.29, 0.717) is 0 Å². The molecular formula is C15H23NO2. The molecule has 0 radical (unpaired) electrons. The number of methoxy groups -OCH3 is 1. The first-order valence-corrected chi connectivity index (χ1v) is 6.84. The van der Waals surface area contributed by atoms with Crippen molar-refractivity contribution in [2.24, 2.45) is 0 Å². The maximum absolute atomic E-state index is 5.92. The topological polar surface area (TPSA) is 30.5 Å². The van der Waals surface area contributed by atoms with Crippen LogP contribution in [0.3, 0.4) is 0 Å². The maximum atomic E-state index is 5.92. The molecule has 0 bridgehead atoms. The highest BCUT2D eigenvalue weighted by Gasteiger charge is 2.25. The SMILES string of the molecule is CCNC(c1cccc(OC)c1)C1CCCCO1. The molecule has 0 amide bonds. The van der Waals surface area contributed by atoms with Gasteiger partial charge in [-0.25, -0.2) is 0 Å². The first-order chi connectivity index (χ1) is 8.85. The van der Waals surface area contributed by atoms with Crippen LogP contribution in [-0.2, 0) is 4.74 Å². The second kappa shape index (κ2) is 6.76. The third-order valence-electron chi connectivity index (χ3n) is 3.46. The number of hydrogen-bond acceptors (Lipinski definition) is 3. The van der Waals surface area contributed by atoms with Gasteiger partial charge >= 0.3 is 0 Å². The summed E-state index contributed by atoms with van der Waals surface area (Å²) >= 11 is 0. The number of hydrogen-bond donors (Lipinski definition) is 1. The summed E-state index contributed by atoms with van der Waals surface area (Å²) < 4.78 is 11.2. The van der Waals surface area contributed by atoms with Crippen molar-refractivity contribution in [1.82, 2.24) is 5.32 Å². The van der Waals surface area contributed by atoms with Gasteiger partial charge in [0.25, 0.3) is 0 Å². The van der Waals surface area contributed by atoms with Crippen LogP contribution in [0.15, 0.2) is 24.3 Å². The van der Waals surface area contributed by atoms with Crippen LogP contribution in [0.1, 0.15) is 37.8 Å². The van der Waals surface area contributed by atoms with Crippen molar-refractivity contribution >= 4 is 0 Å². The summed E-state index contributed by atoms with van der Waals surface area (Å²) in [5.74, 6) is 0.909. The quantitative estimate of drug-likeness (QED) is 0.870. The van der Waals surface area contributed by atoms with Gasteiger partial charge < -0.3 is 14.8 Å². The molecular weight excluding hydrogens is 226 g/mol. The minimum atomic E-state index is 0.269. The number of rotatable bonds is 5. The Labute approximate surface area is 109 Å². The van der Waals surface area contributed by atoms with Gasteiger partial charge in [-0.2, -0.15) is 0 Å². The smallest absolute Gasteiger partial charge is 0.119 e. The predicted octanol–water partition coefficient (Wildman–Crippen LogP) is 2.91. The lowest BCUT2D eigenvalue weighted by Gasteiger charge is -2.31. The predicted molar refractivity (Wildman–Crippen MR) is 73.0 cm³/mol. The highest BCUT2D eigenvalue weighted by Crippen LogP contribution is 2.28. The summed E-state index contributed by atoms with van der Waals surface area (Å²) in [5, 5.41) is 3.54. The van der Waals surface area contributed by atoms with E-state index in [4.69, 9.17) is 9.47 Å². The molecule has 1 aromatic rings. The van der Waals surface area contributed by atoms with Crippen LogP contribution in [0.2, 0.25) is 0 Å². The molecule has 0 spiro atoms. The molecule has 1 fully saturated rings. The summed E-state index contributed by atoms with van der Waals surface area (Å²) in [4.78, 5) is 0. The molecule has 1 aromatic carbocycles. The number of nitrogens with one attached hydrogen (secondary N) is 1. The third kappa shape index (κ3) is 3.24. The summed E-state index contributed by atoms with van der Waals surface area (Å²) in [7, 11) is 1.71. The normalized spacial score (nSPS) is 21.6. The average molecular weight is 249 g/mol. The van der Waals surface area contributed by atoms with Crippen molar-refractivity contribution in [3.8, 4) is 5.75 Å². The third-order valence-corrected chi connectivity index (χ3v) is 3.46. The van der Waals surface area contributed by atoms with Crippen molar-refractivity contribution in [2.45, 2.75) is 38.3 Å². The molecule has 2 rings (SSSR count). The Kier molecular flexibility index (Phi) is 5.02. The van der Waals surface area contributed by atoms with Crippen LogP contribution in [0.4, 0.5) is 0 Å². The molecule has 18 heavy (non-hydrogen) atoms. The Morgan fingerprint density at radius 3 is 3.00 bits per heavy atom. The second-order valence-corrected chi connectivity index (χ2v) is 4.72. The highest BCUT2D eigenvalue weighted by molar-refractivity contribution is 5.31. The van der Waals surface area contributed by atoms with Gasteiger partial charge in [0.05, 0.1) is 19.3 Å². The number of benzene rings is 1. The monoisotopic (exact) mass is 249 g/mol. The van der Waals surface area contributed by atoms with Crippen LogP contribution in [0.5, 0.6) is 5.75 Å². The van der Waals surface area contributed by atoms with Crippen molar-refractivity contribution in [2.75, 3.05) is 20.3 Å². The van der Waals surface area contributed by atoms with Gasteiger partial charge in [0, 0.05) is 6.61 Å². The molecule has 1 N–H and O–H groups in total. The molecule has 1 heterocycles. The first-order valence-electron chi connectivity index (χ1n) is 6.84. The molecule has 1 aliphatic rings. The van der Waals surface area contributed by atoms with E-state index in [9.17, 15) is 0 Å². The van der Waals surface area contributed by atoms with Crippen molar-refractivity contribution in [1.29, 1.82) is 0 Å². The Bertz CT molecular complexity index is 361. The van der Waals surface area contributed by atoms with Crippen molar-refractivity contribution in [3.05, 3.63) is 29.8 Å². The summed E-state index contributed by atoms with van der Waals surface area (Å²) in [6.07, 6.45) is 3.87. The minimum absolute atomic E-state index is 0.269. The second-order valence-electron chi connectivity index (χ2n) is 4.72. The molecule has 2 atom stereocenters. The Morgan fingerprint density at radius 2 is 2.33 bits per heavy atom. The van der Waals surface area contributed by atoms with Gasteiger partial charge in [0.15, 0.2) is 0 Å². The van der Waals surface area contributed by atoms with E-state index in [1.54, 1.807) is 7.11 Å². The Hall–Kier alpha value is -1.06. The van der Waals surface area contributed by atoms with Gasteiger partial charge in [-0.3, -0.25) is 0 Å². The molecule has 3 heteroatoms. The number of ether oxygens (including phenoxy) is 2. The Morgan fingerprint density at radius 1 is 1.44 bits per heavy atom. The summed E-state index contributed by atoms with van der Waals surface area (Å²) in [6.45, 7) is 3.97. The van der Waals surface area contributed by atoms with Crippen LogP contribution < -0.4 is 10.1 Å². The van der Waals surface area contributed by atoms with Gasteiger partial charge in [0.2, 0.25) is 0 Å². The molecule has 3 nitrogen and oxygen atoms in total. The average Bonchev–Trinajstić information content (AvgIpc) is 2.46. The summed E-state index contributed by atoms with van der Waals surface area (Å²) in [5.41, 5.74) is 1.25. The van der Waals surface area contributed by atoms with Gasteiger partial charge in [-0.05, 0) is 43.5 Å². The van der Waals surface area contributed by atoms with E-state index < -0.39 is 0 Å². The standard InChI is InChI=1S/C15H23NO2/c1-3-16-15(14-9-4-5-10-18-14)12-7-6-8-13(11-12)17-2/h6-8,11,14-16H,3-5,9-10H2,1-2H3. The maximum Gasteiger partial charge on any atom is 0.119 e. The molecule has 1 aliphatic heterocycles. The number of likely N-dealkylation sites (N-methyl/N-ethyl adjacent to an activating group) is 1. The van der Waals surface area contributed by atoms with Gasteiger partial charge in [-0.1, -0.05) is 19.1 Å². The van der Waals surface area contributed by atoms with E-state index in [-0.39, 0.29) is 12.1 Å². The molecule has 0 aromatic heterocycles. The molecule has 1 saturated heterocycles. The van der Waals surface area contributed by atoms with E-state index >= 15 is 0 Å².